The third-order valence-electron chi connectivity index (χ3n) is 2.71. The van der Waals surface area contributed by atoms with Crippen molar-refractivity contribution in [2.24, 2.45) is 0 Å². The summed E-state index contributed by atoms with van der Waals surface area (Å²) in [5.74, 6) is 0.822. The quantitative estimate of drug-likeness (QED) is 0.612. The summed E-state index contributed by atoms with van der Waals surface area (Å²) in [6.07, 6.45) is 0.752. The topological polar surface area (TPSA) is 52.4 Å². The van der Waals surface area contributed by atoms with E-state index in [1.54, 1.807) is 19.2 Å². The normalized spacial score (nSPS) is 10.1. The predicted octanol–water partition coefficient (Wildman–Crippen LogP) is 3.19. The van der Waals surface area contributed by atoms with E-state index in [1.165, 1.54) is 12.1 Å². The van der Waals surface area contributed by atoms with Crippen LogP contribution in [0.3, 0.4) is 0 Å². The molecule has 2 rings (SSSR count). The Balaban J connectivity index is 2.10. The molecule has 0 fully saturated rings. The highest BCUT2D eigenvalue weighted by Crippen LogP contribution is 2.17. The van der Waals surface area contributed by atoms with E-state index in [2.05, 4.69) is 0 Å². The van der Waals surface area contributed by atoms with Crippen LogP contribution in [0.25, 0.3) is 0 Å². The van der Waals surface area contributed by atoms with Gasteiger partial charge in [0.1, 0.15) is 5.75 Å². The molecule has 0 amide bonds. The molecule has 0 saturated carbocycles. The summed E-state index contributed by atoms with van der Waals surface area (Å²) in [6, 6.07) is 14.4. The molecule has 0 N–H and O–H groups in total. The fraction of sp³-hybridized carbons (Fsp3) is 0.143. The third kappa shape index (κ3) is 2.85. The molecule has 4 heteroatoms. The van der Waals surface area contributed by atoms with Gasteiger partial charge in [0.05, 0.1) is 12.0 Å². The maximum absolute atomic E-state index is 10.5. The summed E-state index contributed by atoms with van der Waals surface area (Å²) in [7, 11) is 1.63. The summed E-state index contributed by atoms with van der Waals surface area (Å²) < 4.78 is 5.09. The Hall–Kier alpha value is -2.36. The third-order valence-corrected chi connectivity index (χ3v) is 2.71. The number of hydrogen-bond acceptors (Lipinski definition) is 3. The van der Waals surface area contributed by atoms with Crippen LogP contribution in [0, 0.1) is 10.1 Å². The minimum absolute atomic E-state index is 0.119. The molecule has 0 spiro atoms. The Bertz CT molecular complexity index is 532. The minimum atomic E-state index is -0.392. The van der Waals surface area contributed by atoms with Gasteiger partial charge in [-0.05, 0) is 29.7 Å². The second-order valence-electron chi connectivity index (χ2n) is 3.95. The molecule has 4 nitrogen and oxygen atoms in total. The van der Waals surface area contributed by atoms with Gasteiger partial charge in [-0.2, -0.15) is 0 Å². The fourth-order valence-electron chi connectivity index (χ4n) is 1.71. The van der Waals surface area contributed by atoms with Crippen LogP contribution in [-0.2, 0) is 6.42 Å². The standard InChI is InChI=1S/C14H13NO3/c1-18-14-8-4-12(5-9-14)10-11-2-6-13(7-3-11)15(16)17/h2-9H,10H2,1H3. The van der Waals surface area contributed by atoms with Crippen LogP contribution in [-0.4, -0.2) is 12.0 Å². The second-order valence-corrected chi connectivity index (χ2v) is 3.95. The molecule has 0 aliphatic carbocycles. The van der Waals surface area contributed by atoms with Crippen LogP contribution < -0.4 is 4.74 Å². The zero-order chi connectivity index (χ0) is 13.0. The highest BCUT2D eigenvalue weighted by Gasteiger charge is 2.04. The summed E-state index contributed by atoms with van der Waals surface area (Å²) in [4.78, 5) is 10.1. The molecule has 0 bridgehead atoms. The fourth-order valence-corrected chi connectivity index (χ4v) is 1.71. The number of methoxy groups -OCH3 is 1. The molecule has 2 aromatic rings. The van der Waals surface area contributed by atoms with E-state index in [4.69, 9.17) is 4.74 Å². The van der Waals surface area contributed by atoms with Crippen molar-refractivity contribution in [1.29, 1.82) is 0 Å². The van der Waals surface area contributed by atoms with E-state index in [0.717, 1.165) is 23.3 Å². The van der Waals surface area contributed by atoms with Gasteiger partial charge >= 0.3 is 0 Å². The number of non-ortho nitro benzene ring substituents is 1. The maximum Gasteiger partial charge on any atom is 0.269 e. The summed E-state index contributed by atoms with van der Waals surface area (Å²) in [6.45, 7) is 0. The van der Waals surface area contributed by atoms with Gasteiger partial charge in [-0.3, -0.25) is 10.1 Å². The molecule has 0 atom stereocenters. The smallest absolute Gasteiger partial charge is 0.269 e. The molecule has 0 aliphatic rings. The van der Waals surface area contributed by atoms with Crippen molar-refractivity contribution in [3.8, 4) is 5.75 Å². The molecular weight excluding hydrogens is 230 g/mol. The van der Waals surface area contributed by atoms with E-state index in [0.29, 0.717) is 0 Å². The Kier molecular flexibility index (Phi) is 3.57. The lowest BCUT2D eigenvalue weighted by Gasteiger charge is -2.03. The van der Waals surface area contributed by atoms with Crippen molar-refractivity contribution in [1.82, 2.24) is 0 Å². The lowest BCUT2D eigenvalue weighted by molar-refractivity contribution is -0.384. The Labute approximate surface area is 105 Å². The van der Waals surface area contributed by atoms with Gasteiger partial charge in [0.25, 0.3) is 5.69 Å². The molecule has 18 heavy (non-hydrogen) atoms. The molecule has 2 aromatic carbocycles. The number of benzene rings is 2. The first kappa shape index (κ1) is 12.1. The van der Waals surface area contributed by atoms with Crippen LogP contribution >= 0.6 is 0 Å². The molecule has 92 valence electrons. The van der Waals surface area contributed by atoms with E-state index >= 15 is 0 Å². The number of hydrogen-bond donors (Lipinski definition) is 0. The van der Waals surface area contributed by atoms with Crippen molar-refractivity contribution in [2.45, 2.75) is 6.42 Å². The highest BCUT2D eigenvalue weighted by molar-refractivity contribution is 5.36. The average molecular weight is 243 g/mol. The van der Waals surface area contributed by atoms with Crippen molar-refractivity contribution in [2.75, 3.05) is 7.11 Å². The van der Waals surface area contributed by atoms with Crippen molar-refractivity contribution in [3.05, 3.63) is 69.8 Å². The monoisotopic (exact) mass is 243 g/mol. The lowest BCUT2D eigenvalue weighted by atomic mass is 10.0. The number of nitro benzene ring substituents is 1. The first-order valence-corrected chi connectivity index (χ1v) is 5.55. The van der Waals surface area contributed by atoms with Gasteiger partial charge in [-0.25, -0.2) is 0 Å². The van der Waals surface area contributed by atoms with E-state index in [-0.39, 0.29) is 5.69 Å². The van der Waals surface area contributed by atoms with Crippen molar-refractivity contribution < 1.29 is 9.66 Å². The van der Waals surface area contributed by atoms with Gasteiger partial charge in [-0.15, -0.1) is 0 Å². The number of nitrogens with zero attached hydrogens (tertiary/aromatic N) is 1. The summed E-state index contributed by atoms with van der Waals surface area (Å²) >= 11 is 0. The van der Waals surface area contributed by atoms with Gasteiger partial charge in [0.15, 0.2) is 0 Å². The molecule has 0 aliphatic heterocycles. The average Bonchev–Trinajstić information content (AvgIpc) is 2.40. The van der Waals surface area contributed by atoms with Crippen LogP contribution in [0.5, 0.6) is 5.75 Å². The number of rotatable bonds is 4. The van der Waals surface area contributed by atoms with E-state index in [9.17, 15) is 10.1 Å². The van der Waals surface area contributed by atoms with E-state index in [1.807, 2.05) is 24.3 Å². The molecule has 0 saturated heterocycles. The van der Waals surface area contributed by atoms with Crippen molar-refractivity contribution >= 4 is 5.69 Å². The Morgan fingerprint density at radius 3 is 1.94 bits per heavy atom. The number of nitro groups is 1. The van der Waals surface area contributed by atoms with Crippen LogP contribution in [0.1, 0.15) is 11.1 Å². The Morgan fingerprint density at radius 2 is 1.50 bits per heavy atom. The molecular formula is C14H13NO3. The van der Waals surface area contributed by atoms with Crippen LogP contribution in [0.15, 0.2) is 48.5 Å². The largest absolute Gasteiger partial charge is 0.497 e. The molecule has 0 radical (unpaired) electrons. The van der Waals surface area contributed by atoms with Gasteiger partial charge in [0.2, 0.25) is 0 Å². The summed E-state index contributed by atoms with van der Waals surface area (Å²) in [5.41, 5.74) is 2.31. The van der Waals surface area contributed by atoms with E-state index < -0.39 is 4.92 Å². The second kappa shape index (κ2) is 5.31. The predicted molar refractivity (Wildman–Crippen MR) is 68.9 cm³/mol. The highest BCUT2D eigenvalue weighted by atomic mass is 16.6. The minimum Gasteiger partial charge on any atom is -0.497 e. The van der Waals surface area contributed by atoms with Crippen LogP contribution in [0.4, 0.5) is 5.69 Å². The molecule has 0 heterocycles. The zero-order valence-corrected chi connectivity index (χ0v) is 10.00. The van der Waals surface area contributed by atoms with Gasteiger partial charge < -0.3 is 4.74 Å². The summed E-state index contributed by atoms with van der Waals surface area (Å²) in [5, 5.41) is 10.5. The lowest BCUT2D eigenvalue weighted by Crippen LogP contribution is -1.91. The first-order valence-electron chi connectivity index (χ1n) is 5.55. The van der Waals surface area contributed by atoms with Crippen LogP contribution in [0.2, 0.25) is 0 Å². The zero-order valence-electron chi connectivity index (χ0n) is 10.00. The SMILES string of the molecule is COc1ccc(Cc2ccc([N+](=O)[O-])cc2)cc1. The van der Waals surface area contributed by atoms with Crippen molar-refractivity contribution in [3.63, 3.8) is 0 Å². The van der Waals surface area contributed by atoms with Gasteiger partial charge in [0, 0.05) is 12.1 Å². The van der Waals surface area contributed by atoms with Gasteiger partial charge in [-0.1, -0.05) is 24.3 Å². The molecule has 0 aromatic heterocycles. The first-order chi connectivity index (χ1) is 8.69. The Morgan fingerprint density at radius 1 is 1.00 bits per heavy atom. The molecule has 0 unspecified atom stereocenters. The maximum atomic E-state index is 10.5. The number of ether oxygens (including phenoxy) is 1.